The van der Waals surface area contributed by atoms with E-state index in [1.165, 1.54) is 0 Å². The summed E-state index contributed by atoms with van der Waals surface area (Å²) in [6, 6.07) is 0. The van der Waals surface area contributed by atoms with Crippen molar-refractivity contribution in [3.63, 3.8) is 0 Å². The number of hydrogen-bond acceptors (Lipinski definition) is 3. The van der Waals surface area contributed by atoms with Crippen LogP contribution in [-0.4, -0.2) is 25.3 Å². The lowest BCUT2D eigenvalue weighted by atomic mass is 9.53. The molecule has 0 spiro atoms. The molecule has 0 N–H and O–H groups in total. The molecular weight excluding hydrogens is 192 g/mol. The van der Waals surface area contributed by atoms with Gasteiger partial charge in [-0.15, -0.1) is 0 Å². The molecule has 4 fully saturated rings. The van der Waals surface area contributed by atoms with Gasteiger partial charge in [0, 0.05) is 18.9 Å². The van der Waals surface area contributed by atoms with Crippen LogP contribution in [0.1, 0.15) is 32.1 Å². The molecule has 0 amide bonds. The number of carbonyl (C=O) groups excluding carboxylic acids is 1. The van der Waals surface area contributed by atoms with Crippen LogP contribution in [-0.2, 0) is 14.3 Å². The summed E-state index contributed by atoms with van der Waals surface area (Å²) < 4.78 is 10.9. The number of carbonyl (C=O) groups is 1. The maximum absolute atomic E-state index is 11.9. The topological polar surface area (TPSA) is 35.5 Å². The molecule has 0 radical (unpaired) electrons. The van der Waals surface area contributed by atoms with Crippen LogP contribution >= 0.6 is 0 Å². The van der Waals surface area contributed by atoms with Crippen molar-refractivity contribution in [2.24, 2.45) is 17.8 Å². The summed E-state index contributed by atoms with van der Waals surface area (Å²) in [5, 5.41) is 0. The lowest BCUT2D eigenvalue weighted by Gasteiger charge is -2.55. The quantitative estimate of drug-likeness (QED) is 0.666. The van der Waals surface area contributed by atoms with Crippen molar-refractivity contribution < 1.29 is 14.3 Å². The number of ether oxygens (including phenoxy) is 2. The van der Waals surface area contributed by atoms with E-state index in [-0.39, 0.29) is 5.60 Å². The lowest BCUT2D eigenvalue weighted by Crippen LogP contribution is -2.56. The fourth-order valence-electron chi connectivity index (χ4n) is 4.04. The molecule has 0 aliphatic heterocycles. The maximum Gasteiger partial charge on any atom is 0.147 e. The molecule has 0 heterocycles. The third kappa shape index (κ3) is 1.44. The summed E-state index contributed by atoms with van der Waals surface area (Å²) in [5.74, 6) is 1.85. The molecule has 2 atom stereocenters. The van der Waals surface area contributed by atoms with Crippen LogP contribution < -0.4 is 0 Å². The second kappa shape index (κ2) is 3.29. The smallest absolute Gasteiger partial charge is 0.147 e. The van der Waals surface area contributed by atoms with E-state index >= 15 is 0 Å². The first-order chi connectivity index (χ1) is 7.22. The molecule has 84 valence electrons. The third-order valence-electron chi connectivity index (χ3n) is 4.42. The standard InChI is InChI=1S/C12H18O3/c1-14-7-15-12-4-8-2-9(5-12)11(13)10(3-8)6-12/h8-10H,2-7H2,1H3. The van der Waals surface area contributed by atoms with Crippen molar-refractivity contribution in [1.82, 2.24) is 0 Å². The van der Waals surface area contributed by atoms with E-state index in [0.717, 1.165) is 38.0 Å². The molecule has 4 rings (SSSR count). The lowest BCUT2D eigenvalue weighted by molar-refractivity contribution is -0.202. The van der Waals surface area contributed by atoms with Crippen LogP contribution in [0.4, 0.5) is 0 Å². The Morgan fingerprint density at radius 1 is 1.27 bits per heavy atom. The van der Waals surface area contributed by atoms with E-state index in [9.17, 15) is 4.79 Å². The minimum absolute atomic E-state index is 0.0135. The van der Waals surface area contributed by atoms with Crippen LogP contribution in [0.5, 0.6) is 0 Å². The highest BCUT2D eigenvalue weighted by atomic mass is 16.7. The SMILES string of the molecule is COCOC12CC3CC(C1)C(=O)C(C3)C2. The molecule has 3 nitrogen and oxygen atoms in total. The first-order valence-corrected chi connectivity index (χ1v) is 5.89. The minimum Gasteiger partial charge on any atom is -0.359 e. The van der Waals surface area contributed by atoms with Gasteiger partial charge in [0.15, 0.2) is 0 Å². The predicted octanol–water partition coefficient (Wildman–Crippen LogP) is 1.75. The van der Waals surface area contributed by atoms with Gasteiger partial charge >= 0.3 is 0 Å². The Morgan fingerprint density at radius 3 is 2.53 bits per heavy atom. The van der Waals surface area contributed by atoms with Crippen molar-refractivity contribution in [3.05, 3.63) is 0 Å². The largest absolute Gasteiger partial charge is 0.359 e. The number of ketones is 1. The molecule has 0 saturated heterocycles. The first kappa shape index (κ1) is 9.79. The summed E-state index contributed by atoms with van der Waals surface area (Å²) in [6.45, 7) is 0.375. The van der Waals surface area contributed by atoms with Gasteiger partial charge in [0.2, 0.25) is 0 Å². The summed E-state index contributed by atoms with van der Waals surface area (Å²) >= 11 is 0. The Morgan fingerprint density at radius 2 is 1.93 bits per heavy atom. The van der Waals surface area contributed by atoms with Gasteiger partial charge in [-0.2, -0.15) is 0 Å². The van der Waals surface area contributed by atoms with Crippen molar-refractivity contribution >= 4 is 5.78 Å². The van der Waals surface area contributed by atoms with Crippen LogP contribution in [0.2, 0.25) is 0 Å². The Labute approximate surface area is 90.1 Å². The minimum atomic E-state index is -0.0135. The van der Waals surface area contributed by atoms with E-state index in [0.29, 0.717) is 24.4 Å². The van der Waals surface area contributed by atoms with E-state index in [1.807, 2.05) is 0 Å². The Bertz CT molecular complexity index is 269. The average Bonchev–Trinajstić information content (AvgIpc) is 2.22. The van der Waals surface area contributed by atoms with E-state index < -0.39 is 0 Å². The van der Waals surface area contributed by atoms with Crippen LogP contribution in [0.25, 0.3) is 0 Å². The molecule has 3 heteroatoms. The monoisotopic (exact) mass is 210 g/mol. The third-order valence-corrected chi connectivity index (χ3v) is 4.42. The average molecular weight is 210 g/mol. The number of methoxy groups -OCH3 is 1. The van der Waals surface area contributed by atoms with Crippen LogP contribution in [0.3, 0.4) is 0 Å². The van der Waals surface area contributed by atoms with Crippen molar-refractivity contribution in [2.45, 2.75) is 37.7 Å². The van der Waals surface area contributed by atoms with Crippen molar-refractivity contribution in [1.29, 1.82) is 0 Å². The van der Waals surface area contributed by atoms with Crippen LogP contribution in [0, 0.1) is 17.8 Å². The van der Waals surface area contributed by atoms with Gasteiger partial charge in [-0.05, 0) is 38.0 Å². The molecule has 0 aromatic rings. The Kier molecular flexibility index (Phi) is 2.15. The Balaban J connectivity index is 1.80. The maximum atomic E-state index is 11.9. The van der Waals surface area contributed by atoms with Gasteiger partial charge in [-0.3, -0.25) is 4.79 Å². The van der Waals surface area contributed by atoms with Gasteiger partial charge in [-0.1, -0.05) is 0 Å². The van der Waals surface area contributed by atoms with Gasteiger partial charge in [-0.25, -0.2) is 0 Å². The number of Topliss-reactive ketones (excluding diaryl/α,β-unsaturated/α-hetero) is 1. The Hall–Kier alpha value is -0.410. The first-order valence-electron chi connectivity index (χ1n) is 5.89. The fourth-order valence-corrected chi connectivity index (χ4v) is 4.04. The van der Waals surface area contributed by atoms with E-state index in [2.05, 4.69) is 0 Å². The van der Waals surface area contributed by atoms with Crippen LogP contribution in [0.15, 0.2) is 0 Å². The zero-order chi connectivity index (χ0) is 10.5. The van der Waals surface area contributed by atoms with Gasteiger partial charge in [0.25, 0.3) is 0 Å². The summed E-state index contributed by atoms with van der Waals surface area (Å²) in [4.78, 5) is 11.9. The normalized spacial score (nSPS) is 47.5. The molecule has 15 heavy (non-hydrogen) atoms. The molecule has 2 unspecified atom stereocenters. The molecule has 4 saturated carbocycles. The van der Waals surface area contributed by atoms with E-state index in [1.54, 1.807) is 7.11 Å². The van der Waals surface area contributed by atoms with Gasteiger partial charge in [0.05, 0.1) is 5.60 Å². The highest BCUT2D eigenvalue weighted by Crippen LogP contribution is 2.55. The predicted molar refractivity (Wildman–Crippen MR) is 54.3 cm³/mol. The number of hydrogen-bond donors (Lipinski definition) is 0. The molecule has 0 aromatic heterocycles. The highest BCUT2D eigenvalue weighted by Gasteiger charge is 2.55. The fraction of sp³-hybridized carbons (Fsp3) is 0.917. The summed E-state index contributed by atoms with van der Waals surface area (Å²) in [6.07, 6.45) is 5.28. The molecular formula is C12H18O3. The zero-order valence-corrected chi connectivity index (χ0v) is 9.20. The van der Waals surface area contributed by atoms with Crippen molar-refractivity contribution in [2.75, 3.05) is 13.9 Å². The molecule has 4 bridgehead atoms. The highest BCUT2D eigenvalue weighted by molar-refractivity contribution is 5.85. The molecule has 4 aliphatic rings. The second-order valence-electron chi connectivity index (χ2n) is 5.48. The van der Waals surface area contributed by atoms with E-state index in [4.69, 9.17) is 9.47 Å². The second-order valence-corrected chi connectivity index (χ2v) is 5.48. The summed E-state index contributed by atoms with van der Waals surface area (Å²) in [5.41, 5.74) is -0.0135. The van der Waals surface area contributed by atoms with Gasteiger partial charge in [0.1, 0.15) is 12.6 Å². The molecule has 0 aromatic carbocycles. The number of rotatable bonds is 3. The molecule has 4 aliphatic carbocycles. The zero-order valence-electron chi connectivity index (χ0n) is 9.20. The van der Waals surface area contributed by atoms with Gasteiger partial charge < -0.3 is 9.47 Å². The summed E-state index contributed by atoms with van der Waals surface area (Å²) in [7, 11) is 1.66. The van der Waals surface area contributed by atoms with Crippen molar-refractivity contribution in [3.8, 4) is 0 Å².